The number of carbonyl (C=O) groups excluding carboxylic acids is 2. The maximum Gasteiger partial charge on any atom is 0.321 e. The summed E-state index contributed by atoms with van der Waals surface area (Å²) < 4.78 is 14.2. The molecular formula is C17H23FN4O2. The monoisotopic (exact) mass is 334 g/mol. The van der Waals surface area contributed by atoms with E-state index < -0.39 is 5.82 Å². The molecule has 3 N–H and O–H groups in total. The fourth-order valence-corrected chi connectivity index (χ4v) is 3.41. The Morgan fingerprint density at radius 1 is 1.33 bits per heavy atom. The Morgan fingerprint density at radius 3 is 2.67 bits per heavy atom. The molecule has 0 atom stereocenters. The van der Waals surface area contributed by atoms with Crippen LogP contribution in [-0.2, 0) is 0 Å². The Bertz CT molecular complexity index is 643. The Labute approximate surface area is 140 Å². The Balaban J connectivity index is 1.79. The Kier molecular flexibility index (Phi) is 4.71. The normalized spacial score (nSPS) is 24.0. The van der Waals surface area contributed by atoms with Crippen molar-refractivity contribution in [2.24, 2.45) is 5.73 Å². The molecular weight excluding hydrogens is 311 g/mol. The van der Waals surface area contributed by atoms with Gasteiger partial charge in [-0.2, -0.15) is 0 Å². The molecule has 1 aliphatic heterocycles. The summed E-state index contributed by atoms with van der Waals surface area (Å²) >= 11 is 0. The number of hydrogen-bond acceptors (Lipinski definition) is 3. The lowest BCUT2D eigenvalue weighted by Gasteiger charge is -2.33. The molecule has 0 unspecified atom stereocenters. The minimum atomic E-state index is -0.567. The van der Waals surface area contributed by atoms with E-state index in [9.17, 15) is 14.0 Å². The van der Waals surface area contributed by atoms with Crippen molar-refractivity contribution in [2.45, 2.75) is 37.8 Å². The fourth-order valence-electron chi connectivity index (χ4n) is 3.41. The maximum absolute atomic E-state index is 14.2. The van der Waals surface area contributed by atoms with Gasteiger partial charge in [-0.15, -0.1) is 0 Å². The first kappa shape index (κ1) is 16.7. The first-order valence-electron chi connectivity index (χ1n) is 8.35. The van der Waals surface area contributed by atoms with Crippen molar-refractivity contribution in [2.75, 3.05) is 25.0 Å². The van der Waals surface area contributed by atoms with Crippen LogP contribution in [0.5, 0.6) is 0 Å². The zero-order valence-corrected chi connectivity index (χ0v) is 13.8. The molecule has 1 saturated carbocycles. The molecule has 6 nitrogen and oxygen atoms in total. The molecule has 130 valence electrons. The van der Waals surface area contributed by atoms with E-state index in [0.717, 1.165) is 25.7 Å². The Morgan fingerprint density at radius 2 is 2.04 bits per heavy atom. The van der Waals surface area contributed by atoms with Crippen molar-refractivity contribution in [1.29, 1.82) is 0 Å². The predicted octanol–water partition coefficient (Wildman–Crippen LogP) is 1.70. The fraction of sp³-hybridized carbons (Fsp3) is 0.529. The highest BCUT2D eigenvalue weighted by atomic mass is 19.1. The number of urea groups is 1. The van der Waals surface area contributed by atoms with E-state index in [2.05, 4.69) is 5.32 Å². The number of benzene rings is 1. The summed E-state index contributed by atoms with van der Waals surface area (Å²) in [4.78, 5) is 27.6. The molecule has 0 aromatic heterocycles. The minimum Gasteiger partial charge on any atom is -0.339 e. The number of nitrogens with one attached hydrogen (secondary N) is 1. The largest absolute Gasteiger partial charge is 0.339 e. The topological polar surface area (TPSA) is 78.7 Å². The van der Waals surface area contributed by atoms with Gasteiger partial charge in [0, 0.05) is 37.9 Å². The molecule has 0 radical (unpaired) electrons. The van der Waals surface area contributed by atoms with E-state index in [1.54, 1.807) is 11.9 Å². The lowest BCUT2D eigenvalue weighted by molar-refractivity contribution is 0.0685. The number of rotatable bonds is 3. The van der Waals surface area contributed by atoms with Crippen molar-refractivity contribution < 1.29 is 14.0 Å². The lowest BCUT2D eigenvalue weighted by Crippen LogP contribution is -2.42. The standard InChI is InChI=1S/C17H23FN4O2/c1-21(12-4-2-11(19)3-5-12)16(23)14-10-13(6-7-15(14)18)22-9-8-20-17(22)24/h6-7,10-12H,2-5,8-9,19H2,1H3,(H,20,24). The number of nitrogens with two attached hydrogens (primary N) is 1. The molecule has 1 saturated heterocycles. The molecule has 24 heavy (non-hydrogen) atoms. The van der Waals surface area contributed by atoms with Gasteiger partial charge < -0.3 is 16.0 Å². The second kappa shape index (κ2) is 6.76. The SMILES string of the molecule is CN(C(=O)c1cc(N2CCNC2=O)ccc1F)C1CCC(N)CC1. The van der Waals surface area contributed by atoms with Crippen LogP contribution in [0.2, 0.25) is 0 Å². The van der Waals surface area contributed by atoms with Crippen LogP contribution in [0.25, 0.3) is 0 Å². The van der Waals surface area contributed by atoms with E-state index in [1.165, 1.54) is 23.1 Å². The number of halogens is 1. The highest BCUT2D eigenvalue weighted by Gasteiger charge is 2.28. The molecule has 3 rings (SSSR count). The maximum atomic E-state index is 14.2. The first-order valence-corrected chi connectivity index (χ1v) is 8.35. The number of carbonyl (C=O) groups is 2. The van der Waals surface area contributed by atoms with E-state index in [0.29, 0.717) is 18.8 Å². The highest BCUT2D eigenvalue weighted by Crippen LogP contribution is 2.25. The summed E-state index contributed by atoms with van der Waals surface area (Å²) in [7, 11) is 1.71. The van der Waals surface area contributed by atoms with Crippen molar-refractivity contribution in [3.8, 4) is 0 Å². The summed E-state index contributed by atoms with van der Waals surface area (Å²) in [5, 5.41) is 2.70. The molecule has 0 spiro atoms. The molecule has 2 fully saturated rings. The van der Waals surface area contributed by atoms with Gasteiger partial charge in [-0.3, -0.25) is 9.69 Å². The minimum absolute atomic E-state index is 0.00423. The number of nitrogens with zero attached hydrogens (tertiary/aromatic N) is 2. The van der Waals surface area contributed by atoms with Crippen LogP contribution in [0.1, 0.15) is 36.0 Å². The van der Waals surface area contributed by atoms with E-state index >= 15 is 0 Å². The molecule has 7 heteroatoms. The summed E-state index contributed by atoms with van der Waals surface area (Å²) in [6.07, 6.45) is 3.41. The van der Waals surface area contributed by atoms with Gasteiger partial charge >= 0.3 is 6.03 Å². The van der Waals surface area contributed by atoms with E-state index in [4.69, 9.17) is 5.73 Å². The van der Waals surface area contributed by atoms with Crippen molar-refractivity contribution >= 4 is 17.6 Å². The quantitative estimate of drug-likeness (QED) is 0.883. The molecule has 1 aromatic carbocycles. The van der Waals surface area contributed by atoms with Gasteiger partial charge in [0.05, 0.1) is 5.56 Å². The van der Waals surface area contributed by atoms with E-state index in [-0.39, 0.29) is 29.6 Å². The Hall–Kier alpha value is -2.15. The van der Waals surface area contributed by atoms with Gasteiger partial charge in [-0.05, 0) is 43.9 Å². The van der Waals surface area contributed by atoms with Crippen molar-refractivity contribution in [3.63, 3.8) is 0 Å². The number of anilines is 1. The van der Waals surface area contributed by atoms with Crippen LogP contribution in [0, 0.1) is 5.82 Å². The first-order chi connectivity index (χ1) is 11.5. The van der Waals surface area contributed by atoms with Gasteiger partial charge in [0.25, 0.3) is 5.91 Å². The third kappa shape index (κ3) is 3.21. The zero-order chi connectivity index (χ0) is 17.3. The average molecular weight is 334 g/mol. The van der Waals surface area contributed by atoms with E-state index in [1.807, 2.05) is 0 Å². The third-order valence-corrected chi connectivity index (χ3v) is 4.96. The second-order valence-electron chi connectivity index (χ2n) is 6.53. The summed E-state index contributed by atoms with van der Waals surface area (Å²) in [5.41, 5.74) is 6.44. The van der Waals surface area contributed by atoms with Gasteiger partial charge in [0.15, 0.2) is 0 Å². The number of hydrogen-bond donors (Lipinski definition) is 2. The van der Waals surface area contributed by atoms with Gasteiger partial charge in [0.1, 0.15) is 5.82 Å². The number of amides is 3. The third-order valence-electron chi connectivity index (χ3n) is 4.96. The highest BCUT2D eigenvalue weighted by molar-refractivity contribution is 5.98. The predicted molar refractivity (Wildman–Crippen MR) is 89.5 cm³/mol. The van der Waals surface area contributed by atoms with Gasteiger partial charge in [-0.25, -0.2) is 9.18 Å². The van der Waals surface area contributed by atoms with Crippen LogP contribution >= 0.6 is 0 Å². The van der Waals surface area contributed by atoms with Crippen LogP contribution in [0.15, 0.2) is 18.2 Å². The molecule has 1 aromatic rings. The molecule has 1 aliphatic carbocycles. The lowest BCUT2D eigenvalue weighted by atomic mass is 9.90. The van der Waals surface area contributed by atoms with Crippen LogP contribution in [0.4, 0.5) is 14.9 Å². The average Bonchev–Trinajstić information content (AvgIpc) is 3.01. The van der Waals surface area contributed by atoms with Crippen LogP contribution < -0.4 is 16.0 Å². The molecule has 2 aliphatic rings. The summed E-state index contributed by atoms with van der Waals surface area (Å²) in [6.45, 7) is 1.05. The van der Waals surface area contributed by atoms with Crippen LogP contribution in [-0.4, -0.2) is 49.1 Å². The summed E-state index contributed by atoms with van der Waals surface area (Å²) in [6, 6.07) is 4.28. The summed E-state index contributed by atoms with van der Waals surface area (Å²) in [5.74, 6) is -0.919. The smallest absolute Gasteiger partial charge is 0.321 e. The molecule has 1 heterocycles. The van der Waals surface area contributed by atoms with Crippen molar-refractivity contribution in [3.05, 3.63) is 29.6 Å². The second-order valence-corrected chi connectivity index (χ2v) is 6.53. The van der Waals surface area contributed by atoms with Crippen LogP contribution in [0.3, 0.4) is 0 Å². The molecule has 0 bridgehead atoms. The molecule has 3 amide bonds. The van der Waals surface area contributed by atoms with Gasteiger partial charge in [-0.1, -0.05) is 0 Å². The zero-order valence-electron chi connectivity index (χ0n) is 13.8. The van der Waals surface area contributed by atoms with Gasteiger partial charge in [0.2, 0.25) is 0 Å². The van der Waals surface area contributed by atoms with Crippen molar-refractivity contribution in [1.82, 2.24) is 10.2 Å².